The van der Waals surface area contributed by atoms with Crippen molar-refractivity contribution in [2.45, 2.75) is 12.7 Å². The van der Waals surface area contributed by atoms with Gasteiger partial charge in [-0.2, -0.15) is 13.2 Å². The van der Waals surface area contributed by atoms with E-state index in [2.05, 4.69) is 14.6 Å². The van der Waals surface area contributed by atoms with E-state index in [9.17, 15) is 22.4 Å². The summed E-state index contributed by atoms with van der Waals surface area (Å²) in [5, 5.41) is 6.34. The lowest BCUT2D eigenvalue weighted by Crippen LogP contribution is -2.20. The Morgan fingerprint density at radius 2 is 1.81 bits per heavy atom. The summed E-state index contributed by atoms with van der Waals surface area (Å²) >= 11 is 0. The number of amides is 1. The standard InChI is InChI=1S/C17H11F4N3O2/c18-13-2-1-3-14(8-13)24(10-25)9-11-4-6-12(7-5-11)15-22-23-16(26-15)17(19,20)21/h1-8,10H,9H2. The Morgan fingerprint density at radius 3 is 2.38 bits per heavy atom. The predicted octanol–water partition coefficient (Wildman–Crippen LogP) is 4.06. The highest BCUT2D eigenvalue weighted by Gasteiger charge is 2.38. The zero-order valence-corrected chi connectivity index (χ0v) is 13.1. The third kappa shape index (κ3) is 3.88. The van der Waals surface area contributed by atoms with Crippen molar-refractivity contribution in [1.29, 1.82) is 0 Å². The van der Waals surface area contributed by atoms with Gasteiger partial charge in [0.15, 0.2) is 0 Å². The second-order valence-corrected chi connectivity index (χ2v) is 5.32. The van der Waals surface area contributed by atoms with Gasteiger partial charge in [-0.15, -0.1) is 10.2 Å². The number of hydrogen-bond donors (Lipinski definition) is 0. The molecule has 134 valence electrons. The molecule has 1 aromatic heterocycles. The van der Waals surface area contributed by atoms with E-state index in [0.29, 0.717) is 23.2 Å². The molecule has 0 unspecified atom stereocenters. The van der Waals surface area contributed by atoms with E-state index in [1.807, 2.05) is 0 Å². The van der Waals surface area contributed by atoms with Gasteiger partial charge in [0.05, 0.1) is 6.54 Å². The topological polar surface area (TPSA) is 59.2 Å². The van der Waals surface area contributed by atoms with Gasteiger partial charge in [-0.3, -0.25) is 4.79 Å². The second-order valence-electron chi connectivity index (χ2n) is 5.32. The normalized spacial score (nSPS) is 11.4. The van der Waals surface area contributed by atoms with Crippen LogP contribution in [-0.4, -0.2) is 16.6 Å². The van der Waals surface area contributed by atoms with E-state index in [1.165, 1.54) is 35.2 Å². The molecule has 3 aromatic rings. The molecule has 0 saturated carbocycles. The minimum absolute atomic E-state index is 0.158. The molecule has 2 aromatic carbocycles. The quantitative estimate of drug-likeness (QED) is 0.505. The van der Waals surface area contributed by atoms with E-state index in [0.717, 1.165) is 0 Å². The van der Waals surface area contributed by atoms with Crippen molar-refractivity contribution in [2.24, 2.45) is 0 Å². The molecule has 0 radical (unpaired) electrons. The summed E-state index contributed by atoms with van der Waals surface area (Å²) in [5.41, 5.74) is 1.37. The highest BCUT2D eigenvalue weighted by molar-refractivity contribution is 5.75. The van der Waals surface area contributed by atoms with E-state index >= 15 is 0 Å². The Labute approximate surface area is 144 Å². The molecule has 0 aliphatic heterocycles. The molecule has 0 saturated heterocycles. The summed E-state index contributed by atoms with van der Waals surface area (Å²) in [7, 11) is 0. The molecule has 0 N–H and O–H groups in total. The molecule has 3 rings (SSSR count). The van der Waals surface area contributed by atoms with Crippen LogP contribution in [0.25, 0.3) is 11.5 Å². The second kappa shape index (κ2) is 6.95. The van der Waals surface area contributed by atoms with Gasteiger partial charge in [-0.25, -0.2) is 4.39 Å². The number of nitrogens with zero attached hydrogens (tertiary/aromatic N) is 3. The molecule has 0 spiro atoms. The van der Waals surface area contributed by atoms with Crippen molar-refractivity contribution in [3.8, 4) is 11.5 Å². The van der Waals surface area contributed by atoms with Crippen LogP contribution in [-0.2, 0) is 17.5 Å². The van der Waals surface area contributed by atoms with Crippen molar-refractivity contribution in [1.82, 2.24) is 10.2 Å². The average Bonchev–Trinajstić information content (AvgIpc) is 3.10. The minimum Gasteiger partial charge on any atom is -0.413 e. The number of hydrogen-bond acceptors (Lipinski definition) is 4. The van der Waals surface area contributed by atoms with Gasteiger partial charge in [0.2, 0.25) is 12.3 Å². The molecule has 0 aliphatic rings. The van der Waals surface area contributed by atoms with Gasteiger partial charge < -0.3 is 9.32 Å². The zero-order valence-electron chi connectivity index (χ0n) is 13.1. The number of rotatable bonds is 5. The number of carbonyl (C=O) groups excluding carboxylic acids is 1. The van der Waals surface area contributed by atoms with Crippen molar-refractivity contribution in [3.63, 3.8) is 0 Å². The number of anilines is 1. The first-order valence-electron chi connectivity index (χ1n) is 7.34. The number of benzene rings is 2. The average molecular weight is 365 g/mol. The molecule has 0 fully saturated rings. The first kappa shape index (κ1) is 17.6. The third-order valence-electron chi connectivity index (χ3n) is 3.49. The Bertz CT molecular complexity index is 907. The molecular formula is C17H11F4N3O2. The first-order chi connectivity index (χ1) is 12.4. The van der Waals surface area contributed by atoms with Crippen molar-refractivity contribution < 1.29 is 26.8 Å². The third-order valence-corrected chi connectivity index (χ3v) is 3.49. The zero-order chi connectivity index (χ0) is 18.7. The van der Waals surface area contributed by atoms with Crippen molar-refractivity contribution >= 4 is 12.1 Å². The van der Waals surface area contributed by atoms with Gasteiger partial charge in [0.25, 0.3) is 0 Å². The highest BCUT2D eigenvalue weighted by atomic mass is 19.4. The number of halogens is 4. The van der Waals surface area contributed by atoms with Crippen LogP contribution in [0.5, 0.6) is 0 Å². The van der Waals surface area contributed by atoms with Crippen LogP contribution in [0, 0.1) is 5.82 Å². The van der Waals surface area contributed by atoms with Gasteiger partial charge in [-0.05, 0) is 35.9 Å². The minimum atomic E-state index is -4.71. The van der Waals surface area contributed by atoms with E-state index in [4.69, 9.17) is 0 Å². The smallest absolute Gasteiger partial charge is 0.413 e. The lowest BCUT2D eigenvalue weighted by Gasteiger charge is -2.17. The van der Waals surface area contributed by atoms with Gasteiger partial charge >= 0.3 is 12.1 Å². The van der Waals surface area contributed by atoms with Gasteiger partial charge in [0, 0.05) is 11.3 Å². The van der Waals surface area contributed by atoms with E-state index in [1.54, 1.807) is 18.2 Å². The number of carbonyl (C=O) groups is 1. The molecule has 5 nitrogen and oxygen atoms in total. The fraction of sp³-hybridized carbons (Fsp3) is 0.118. The van der Waals surface area contributed by atoms with E-state index in [-0.39, 0.29) is 12.4 Å². The maximum absolute atomic E-state index is 13.3. The molecule has 0 atom stereocenters. The van der Waals surface area contributed by atoms with Crippen LogP contribution in [0.2, 0.25) is 0 Å². The largest absolute Gasteiger partial charge is 0.470 e. The predicted molar refractivity (Wildman–Crippen MR) is 83.4 cm³/mol. The van der Waals surface area contributed by atoms with Crippen LogP contribution in [0.15, 0.2) is 52.9 Å². The molecule has 0 aliphatic carbocycles. The Morgan fingerprint density at radius 1 is 1.08 bits per heavy atom. The summed E-state index contributed by atoms with van der Waals surface area (Å²) in [6.45, 7) is 0.158. The summed E-state index contributed by atoms with van der Waals surface area (Å²) in [6, 6.07) is 11.8. The molecule has 1 heterocycles. The van der Waals surface area contributed by atoms with Crippen LogP contribution in [0.4, 0.5) is 23.2 Å². The lowest BCUT2D eigenvalue weighted by atomic mass is 10.1. The molecule has 0 bridgehead atoms. The monoisotopic (exact) mass is 365 g/mol. The molecule has 9 heteroatoms. The van der Waals surface area contributed by atoms with Crippen LogP contribution in [0.3, 0.4) is 0 Å². The maximum atomic E-state index is 13.3. The fourth-order valence-electron chi connectivity index (χ4n) is 2.25. The fourth-order valence-corrected chi connectivity index (χ4v) is 2.25. The summed E-state index contributed by atoms with van der Waals surface area (Å²) in [5.74, 6) is -2.15. The van der Waals surface area contributed by atoms with Gasteiger partial charge in [0.1, 0.15) is 5.82 Å². The summed E-state index contributed by atoms with van der Waals surface area (Å²) in [4.78, 5) is 12.6. The SMILES string of the molecule is O=CN(Cc1ccc(-c2nnc(C(F)(F)F)o2)cc1)c1cccc(F)c1. The van der Waals surface area contributed by atoms with Crippen LogP contribution < -0.4 is 4.90 Å². The molecule has 26 heavy (non-hydrogen) atoms. The van der Waals surface area contributed by atoms with Crippen LogP contribution >= 0.6 is 0 Å². The summed E-state index contributed by atoms with van der Waals surface area (Å²) < 4.78 is 55.4. The van der Waals surface area contributed by atoms with Crippen molar-refractivity contribution in [3.05, 3.63) is 65.8 Å². The Balaban J connectivity index is 1.77. The van der Waals surface area contributed by atoms with Crippen LogP contribution in [0.1, 0.15) is 11.5 Å². The number of alkyl halides is 3. The van der Waals surface area contributed by atoms with E-state index < -0.39 is 17.9 Å². The number of aromatic nitrogens is 2. The Hall–Kier alpha value is -3.23. The molecular weight excluding hydrogens is 354 g/mol. The van der Waals surface area contributed by atoms with Crippen molar-refractivity contribution in [2.75, 3.05) is 4.90 Å². The lowest BCUT2D eigenvalue weighted by molar-refractivity contribution is -0.156. The highest BCUT2D eigenvalue weighted by Crippen LogP contribution is 2.30. The molecule has 1 amide bonds. The first-order valence-corrected chi connectivity index (χ1v) is 7.34. The van der Waals surface area contributed by atoms with Gasteiger partial charge in [-0.1, -0.05) is 18.2 Å². The summed E-state index contributed by atoms with van der Waals surface area (Å²) in [6.07, 6.45) is -4.14. The maximum Gasteiger partial charge on any atom is 0.470 e. The Kier molecular flexibility index (Phi) is 4.70.